The first-order chi connectivity index (χ1) is 13.6. The van der Waals surface area contributed by atoms with Crippen LogP contribution in [0.15, 0.2) is 41.6 Å². The molecular weight excluding hydrogens is 374 g/mol. The van der Waals surface area contributed by atoms with Gasteiger partial charge in [-0.05, 0) is 24.3 Å². The number of esters is 1. The minimum Gasteiger partial charge on any atom is -0.480 e. The maximum atomic E-state index is 12.4. The van der Waals surface area contributed by atoms with Crippen LogP contribution in [-0.2, 0) is 30.5 Å². The quantitative estimate of drug-likeness (QED) is 0.391. The average Bonchev–Trinajstić information content (AvgIpc) is 2.62. The zero-order valence-corrected chi connectivity index (χ0v) is 17.0. The van der Waals surface area contributed by atoms with Crippen molar-refractivity contribution in [3.63, 3.8) is 0 Å². The molecule has 0 amide bonds. The fourth-order valence-electron chi connectivity index (χ4n) is 3.35. The van der Waals surface area contributed by atoms with Crippen LogP contribution in [0.3, 0.4) is 0 Å². The highest BCUT2D eigenvalue weighted by molar-refractivity contribution is 6.22. The van der Waals surface area contributed by atoms with Crippen molar-refractivity contribution >= 4 is 23.5 Å². The summed E-state index contributed by atoms with van der Waals surface area (Å²) in [6.07, 6.45) is 0.336. The highest BCUT2D eigenvalue weighted by atomic mass is 16.5. The lowest BCUT2D eigenvalue weighted by molar-refractivity contribution is -0.146. The van der Waals surface area contributed by atoms with Gasteiger partial charge in [0.05, 0.1) is 5.57 Å². The summed E-state index contributed by atoms with van der Waals surface area (Å²) in [6.45, 7) is 5.34. The SMILES string of the molecule is CC(N[C@@H](CCC(=O)OCc1ccccc1)C(=O)O)=C1C(=O)CC(C)(C)CC1=O. The van der Waals surface area contributed by atoms with Crippen LogP contribution in [0.1, 0.15) is 52.0 Å². The van der Waals surface area contributed by atoms with Crippen LogP contribution in [0.4, 0.5) is 0 Å². The van der Waals surface area contributed by atoms with E-state index >= 15 is 0 Å². The van der Waals surface area contributed by atoms with Gasteiger partial charge in [-0.3, -0.25) is 14.4 Å². The van der Waals surface area contributed by atoms with Gasteiger partial charge in [0.1, 0.15) is 12.6 Å². The monoisotopic (exact) mass is 401 g/mol. The van der Waals surface area contributed by atoms with Crippen molar-refractivity contribution in [2.75, 3.05) is 0 Å². The highest BCUT2D eigenvalue weighted by Crippen LogP contribution is 2.34. The van der Waals surface area contributed by atoms with Crippen LogP contribution >= 0.6 is 0 Å². The van der Waals surface area contributed by atoms with Crippen LogP contribution < -0.4 is 5.32 Å². The molecule has 0 unspecified atom stereocenters. The number of ether oxygens (including phenoxy) is 1. The van der Waals surface area contributed by atoms with Gasteiger partial charge in [-0.2, -0.15) is 0 Å². The Bertz CT molecular complexity index is 803. The molecule has 0 spiro atoms. The van der Waals surface area contributed by atoms with Gasteiger partial charge >= 0.3 is 11.9 Å². The highest BCUT2D eigenvalue weighted by Gasteiger charge is 2.37. The van der Waals surface area contributed by atoms with Crippen LogP contribution in [-0.4, -0.2) is 34.7 Å². The van der Waals surface area contributed by atoms with Gasteiger partial charge in [-0.15, -0.1) is 0 Å². The summed E-state index contributed by atoms with van der Waals surface area (Å²) >= 11 is 0. The van der Waals surface area contributed by atoms with Crippen LogP contribution in [0, 0.1) is 5.41 Å². The number of allylic oxidation sites excluding steroid dienone is 2. The minimum absolute atomic E-state index is 0.0263. The molecule has 1 saturated carbocycles. The predicted octanol–water partition coefficient (Wildman–Crippen LogP) is 2.79. The molecule has 29 heavy (non-hydrogen) atoms. The third-order valence-corrected chi connectivity index (χ3v) is 4.78. The Morgan fingerprint density at radius 1 is 1.14 bits per heavy atom. The van der Waals surface area contributed by atoms with Gasteiger partial charge in [0, 0.05) is 25.0 Å². The molecule has 0 aromatic heterocycles. The number of Topliss-reactive ketones (excluding diaryl/α,β-unsaturated/α-hetero) is 2. The van der Waals surface area contributed by atoms with Crippen molar-refractivity contribution in [3.8, 4) is 0 Å². The molecule has 2 rings (SSSR count). The second-order valence-corrected chi connectivity index (χ2v) is 8.08. The normalized spacial score (nSPS) is 16.9. The van der Waals surface area contributed by atoms with Crippen LogP contribution in [0.2, 0.25) is 0 Å². The Morgan fingerprint density at radius 3 is 2.28 bits per heavy atom. The van der Waals surface area contributed by atoms with E-state index in [9.17, 15) is 24.3 Å². The van der Waals surface area contributed by atoms with Gasteiger partial charge in [0.25, 0.3) is 0 Å². The number of rotatable bonds is 8. The molecule has 7 nitrogen and oxygen atoms in total. The molecule has 156 valence electrons. The summed E-state index contributed by atoms with van der Waals surface area (Å²) < 4.78 is 5.16. The number of benzene rings is 1. The number of nitrogens with one attached hydrogen (secondary N) is 1. The molecule has 0 heterocycles. The molecule has 0 aliphatic heterocycles. The van der Waals surface area contributed by atoms with Crippen molar-refractivity contribution in [1.82, 2.24) is 5.32 Å². The van der Waals surface area contributed by atoms with E-state index in [1.807, 2.05) is 44.2 Å². The zero-order chi connectivity index (χ0) is 21.6. The third kappa shape index (κ3) is 6.55. The summed E-state index contributed by atoms with van der Waals surface area (Å²) in [7, 11) is 0. The molecule has 0 bridgehead atoms. The maximum Gasteiger partial charge on any atom is 0.326 e. The van der Waals surface area contributed by atoms with Gasteiger partial charge in [-0.25, -0.2) is 4.79 Å². The fraction of sp³-hybridized carbons (Fsp3) is 0.455. The molecule has 1 fully saturated rings. The Balaban J connectivity index is 1.95. The maximum absolute atomic E-state index is 12.4. The standard InChI is InChI=1S/C22H27NO6/c1-14(20-17(24)11-22(2,3)12-18(20)25)23-16(21(27)28)9-10-19(26)29-13-15-7-5-4-6-8-15/h4-8,16,23H,9-13H2,1-3H3,(H,27,28)/t16-/m0/s1. The molecule has 1 aromatic carbocycles. The molecule has 1 aromatic rings. The van der Waals surface area contributed by atoms with Crippen molar-refractivity contribution in [2.45, 2.75) is 59.1 Å². The second-order valence-electron chi connectivity index (χ2n) is 8.08. The van der Waals surface area contributed by atoms with E-state index in [0.717, 1.165) is 5.56 Å². The lowest BCUT2D eigenvalue weighted by Gasteiger charge is -2.30. The lowest BCUT2D eigenvalue weighted by Crippen LogP contribution is -2.39. The van der Waals surface area contributed by atoms with Crippen molar-refractivity contribution in [1.29, 1.82) is 0 Å². The molecule has 1 aliphatic carbocycles. The van der Waals surface area contributed by atoms with E-state index in [1.165, 1.54) is 6.92 Å². The van der Waals surface area contributed by atoms with Crippen LogP contribution in [0.5, 0.6) is 0 Å². The van der Waals surface area contributed by atoms with E-state index in [-0.39, 0.29) is 55.1 Å². The summed E-state index contributed by atoms with van der Waals surface area (Å²) in [5, 5.41) is 12.2. The summed E-state index contributed by atoms with van der Waals surface area (Å²) in [6, 6.07) is 8.06. The zero-order valence-electron chi connectivity index (χ0n) is 17.0. The molecular formula is C22H27NO6. The average molecular weight is 401 g/mol. The smallest absolute Gasteiger partial charge is 0.326 e. The van der Waals surface area contributed by atoms with E-state index in [4.69, 9.17) is 4.74 Å². The van der Waals surface area contributed by atoms with Crippen molar-refractivity contribution < 1.29 is 29.0 Å². The van der Waals surface area contributed by atoms with E-state index in [1.54, 1.807) is 0 Å². The number of carboxylic acid groups (broad SMARTS) is 1. The van der Waals surface area contributed by atoms with E-state index < -0.39 is 23.4 Å². The molecule has 2 N–H and O–H groups in total. The molecule has 7 heteroatoms. The van der Waals surface area contributed by atoms with Crippen LogP contribution in [0.25, 0.3) is 0 Å². The number of aliphatic carboxylic acids is 1. The number of carbonyl (C=O) groups excluding carboxylic acids is 3. The van der Waals surface area contributed by atoms with Gasteiger partial charge < -0.3 is 15.2 Å². The second kappa shape index (κ2) is 9.49. The first-order valence-electron chi connectivity index (χ1n) is 9.55. The predicted molar refractivity (Wildman–Crippen MR) is 106 cm³/mol. The van der Waals surface area contributed by atoms with Gasteiger partial charge in [0.15, 0.2) is 11.6 Å². The van der Waals surface area contributed by atoms with Crippen molar-refractivity contribution in [2.24, 2.45) is 5.41 Å². The van der Waals surface area contributed by atoms with Gasteiger partial charge in [-0.1, -0.05) is 44.2 Å². The lowest BCUT2D eigenvalue weighted by atomic mass is 9.73. The number of ketones is 2. The summed E-state index contributed by atoms with van der Waals surface area (Å²) in [5.74, 6) is -2.26. The molecule has 1 atom stereocenters. The van der Waals surface area contributed by atoms with Crippen molar-refractivity contribution in [3.05, 3.63) is 47.2 Å². The number of hydrogen-bond acceptors (Lipinski definition) is 6. The Kier molecular flexibility index (Phi) is 7.31. The first-order valence-corrected chi connectivity index (χ1v) is 9.55. The van der Waals surface area contributed by atoms with E-state index in [0.29, 0.717) is 0 Å². The largest absolute Gasteiger partial charge is 0.480 e. The number of carboxylic acids is 1. The third-order valence-electron chi connectivity index (χ3n) is 4.78. The van der Waals surface area contributed by atoms with Gasteiger partial charge in [0.2, 0.25) is 0 Å². The molecule has 0 saturated heterocycles. The summed E-state index contributed by atoms with van der Waals surface area (Å²) in [5.41, 5.74) is 0.710. The molecule has 0 radical (unpaired) electrons. The molecule has 1 aliphatic rings. The summed E-state index contributed by atoms with van der Waals surface area (Å²) in [4.78, 5) is 48.2. The Hall–Kier alpha value is -2.96. The Morgan fingerprint density at radius 2 is 1.72 bits per heavy atom. The minimum atomic E-state index is -1.17. The number of hydrogen-bond donors (Lipinski definition) is 2. The van der Waals surface area contributed by atoms with E-state index in [2.05, 4.69) is 5.32 Å². The number of carbonyl (C=O) groups is 4. The fourth-order valence-corrected chi connectivity index (χ4v) is 3.35. The Labute approximate surface area is 170 Å². The topological polar surface area (TPSA) is 110 Å². The first kappa shape index (κ1) is 22.3.